The highest BCUT2D eigenvalue weighted by molar-refractivity contribution is 5.92. The smallest absolute Gasteiger partial charge is 0.279 e. The van der Waals surface area contributed by atoms with Gasteiger partial charge in [-0.1, -0.05) is 43.2 Å². The van der Waals surface area contributed by atoms with E-state index in [2.05, 4.69) is 10.6 Å². The van der Waals surface area contributed by atoms with Crippen LogP contribution in [-0.4, -0.2) is 18.5 Å². The van der Waals surface area contributed by atoms with Gasteiger partial charge in [0.2, 0.25) is 0 Å². The zero-order valence-electron chi connectivity index (χ0n) is 14.6. The van der Waals surface area contributed by atoms with Crippen LogP contribution in [0.25, 0.3) is 0 Å². The van der Waals surface area contributed by atoms with E-state index in [4.69, 9.17) is 4.74 Å². The number of nitrogens with one attached hydrogen (secondary N) is 1. The van der Waals surface area contributed by atoms with Gasteiger partial charge in [-0.15, -0.1) is 0 Å². The van der Waals surface area contributed by atoms with Crippen LogP contribution in [0.5, 0.6) is 11.5 Å². The van der Waals surface area contributed by atoms with Gasteiger partial charge in [0.1, 0.15) is 5.75 Å². The molecule has 4 heteroatoms. The molecule has 0 unspecified atom stereocenters. The van der Waals surface area contributed by atoms with Gasteiger partial charge in [0.05, 0.1) is 11.7 Å². The Morgan fingerprint density at radius 3 is 2.40 bits per heavy atom. The lowest BCUT2D eigenvalue weighted by Crippen LogP contribution is -2.91. The van der Waals surface area contributed by atoms with Gasteiger partial charge in [0.25, 0.3) is 5.91 Å². The number of hydrogen-bond acceptors (Lipinski definition) is 2. The zero-order chi connectivity index (χ0) is 17.3. The highest BCUT2D eigenvalue weighted by atomic mass is 16.5. The minimum absolute atomic E-state index is 0.0216. The molecule has 0 bridgehead atoms. The fraction of sp³-hybridized carbons (Fsp3) is 0.381. The van der Waals surface area contributed by atoms with Crippen molar-refractivity contribution in [3.8, 4) is 11.5 Å². The standard InChI is InChI=1S/C21H26N2O2/c24-21(16-22-17-10-4-1-2-5-11-17)23-19-14-8-9-15-20(19)25-18-12-6-3-7-13-18/h3,6-9,12-15,17,22H,1-2,4-5,10-11,16H2,(H,23,24)/p+1. The molecule has 2 aromatic carbocycles. The molecular formula is C21H27N2O2+. The van der Waals surface area contributed by atoms with Crippen molar-refractivity contribution in [2.45, 2.75) is 44.6 Å². The van der Waals surface area contributed by atoms with Gasteiger partial charge >= 0.3 is 0 Å². The molecule has 25 heavy (non-hydrogen) atoms. The maximum Gasteiger partial charge on any atom is 0.279 e. The number of ether oxygens (including phenoxy) is 1. The molecule has 0 aliphatic heterocycles. The average Bonchev–Trinajstić information content (AvgIpc) is 2.91. The second-order valence-corrected chi connectivity index (χ2v) is 6.65. The summed E-state index contributed by atoms with van der Waals surface area (Å²) in [5, 5.41) is 5.19. The lowest BCUT2D eigenvalue weighted by Gasteiger charge is -2.14. The summed E-state index contributed by atoms with van der Waals surface area (Å²) < 4.78 is 5.90. The molecule has 1 aliphatic carbocycles. The van der Waals surface area contributed by atoms with Gasteiger partial charge in [-0.2, -0.15) is 0 Å². The fourth-order valence-electron chi connectivity index (χ4n) is 3.30. The number of amides is 1. The topological polar surface area (TPSA) is 54.9 Å². The molecule has 3 rings (SSSR count). The lowest BCUT2D eigenvalue weighted by atomic mass is 10.1. The van der Waals surface area contributed by atoms with E-state index < -0.39 is 0 Å². The first-order valence-corrected chi connectivity index (χ1v) is 9.26. The van der Waals surface area contributed by atoms with Crippen LogP contribution in [0.15, 0.2) is 54.6 Å². The maximum absolute atomic E-state index is 12.3. The number of carbonyl (C=O) groups is 1. The second kappa shape index (κ2) is 9.23. The normalized spacial score (nSPS) is 15.4. The van der Waals surface area contributed by atoms with E-state index in [1.165, 1.54) is 38.5 Å². The molecule has 0 atom stereocenters. The highest BCUT2D eigenvalue weighted by Gasteiger charge is 2.17. The molecule has 0 radical (unpaired) electrons. The quantitative estimate of drug-likeness (QED) is 0.789. The monoisotopic (exact) mass is 339 g/mol. The van der Waals surface area contributed by atoms with Gasteiger partial charge in [-0.05, 0) is 49.9 Å². The van der Waals surface area contributed by atoms with Gasteiger partial charge in [0, 0.05) is 0 Å². The van der Waals surface area contributed by atoms with Gasteiger partial charge in [0.15, 0.2) is 12.3 Å². The summed E-state index contributed by atoms with van der Waals surface area (Å²) in [5.74, 6) is 1.44. The Balaban J connectivity index is 1.55. The van der Waals surface area contributed by atoms with E-state index in [0.29, 0.717) is 24.0 Å². The Labute approximate surface area is 149 Å². The molecule has 3 N–H and O–H groups in total. The SMILES string of the molecule is O=C(C[NH2+]C1CCCCCC1)Nc1ccccc1Oc1ccccc1. The van der Waals surface area contributed by atoms with Crippen LogP contribution in [0.1, 0.15) is 38.5 Å². The van der Waals surface area contributed by atoms with Crippen molar-refractivity contribution in [1.82, 2.24) is 0 Å². The molecule has 4 nitrogen and oxygen atoms in total. The number of para-hydroxylation sites is 3. The molecule has 1 saturated carbocycles. The fourth-order valence-corrected chi connectivity index (χ4v) is 3.30. The maximum atomic E-state index is 12.3. The van der Waals surface area contributed by atoms with E-state index in [1.807, 2.05) is 54.6 Å². The van der Waals surface area contributed by atoms with Crippen molar-refractivity contribution in [3.05, 3.63) is 54.6 Å². The van der Waals surface area contributed by atoms with Gasteiger partial charge < -0.3 is 15.4 Å². The molecule has 0 heterocycles. The summed E-state index contributed by atoms with van der Waals surface area (Å²) in [6.07, 6.45) is 7.69. The first kappa shape index (κ1) is 17.5. The molecule has 0 aromatic heterocycles. The van der Waals surface area contributed by atoms with Crippen LogP contribution >= 0.6 is 0 Å². The summed E-state index contributed by atoms with van der Waals surface area (Å²) in [7, 11) is 0. The van der Waals surface area contributed by atoms with Gasteiger partial charge in [-0.25, -0.2) is 0 Å². The molecule has 1 aliphatic rings. The lowest BCUT2D eigenvalue weighted by molar-refractivity contribution is -0.680. The Morgan fingerprint density at radius 2 is 1.64 bits per heavy atom. The first-order valence-electron chi connectivity index (χ1n) is 9.26. The molecule has 0 saturated heterocycles. The summed E-state index contributed by atoms with van der Waals surface area (Å²) in [6, 6.07) is 17.8. The Kier molecular flexibility index (Phi) is 6.46. The van der Waals surface area contributed by atoms with E-state index in [-0.39, 0.29) is 5.91 Å². The number of rotatable bonds is 6. The second-order valence-electron chi connectivity index (χ2n) is 6.65. The average molecular weight is 339 g/mol. The van der Waals surface area contributed by atoms with Crippen LogP contribution in [0.2, 0.25) is 0 Å². The number of quaternary nitrogens is 1. The van der Waals surface area contributed by atoms with Crippen LogP contribution in [0.3, 0.4) is 0 Å². The number of carbonyl (C=O) groups excluding carboxylic acids is 1. The van der Waals surface area contributed by atoms with Crippen LogP contribution < -0.4 is 15.4 Å². The van der Waals surface area contributed by atoms with E-state index in [9.17, 15) is 4.79 Å². The summed E-state index contributed by atoms with van der Waals surface area (Å²) >= 11 is 0. The highest BCUT2D eigenvalue weighted by Crippen LogP contribution is 2.28. The van der Waals surface area contributed by atoms with Crippen LogP contribution in [0.4, 0.5) is 5.69 Å². The number of nitrogens with two attached hydrogens (primary N) is 1. The molecule has 2 aromatic rings. The van der Waals surface area contributed by atoms with E-state index in [1.54, 1.807) is 0 Å². The number of benzene rings is 2. The molecular weight excluding hydrogens is 312 g/mol. The molecule has 1 amide bonds. The van der Waals surface area contributed by atoms with E-state index >= 15 is 0 Å². The number of anilines is 1. The molecule has 1 fully saturated rings. The van der Waals surface area contributed by atoms with Crippen LogP contribution in [-0.2, 0) is 4.79 Å². The Bertz CT molecular complexity index is 665. The third-order valence-electron chi connectivity index (χ3n) is 4.67. The zero-order valence-corrected chi connectivity index (χ0v) is 14.6. The van der Waals surface area contributed by atoms with Crippen LogP contribution in [0, 0.1) is 0 Å². The summed E-state index contributed by atoms with van der Waals surface area (Å²) in [4.78, 5) is 12.3. The summed E-state index contributed by atoms with van der Waals surface area (Å²) in [6.45, 7) is 0.463. The first-order chi connectivity index (χ1) is 12.3. The predicted octanol–water partition coefficient (Wildman–Crippen LogP) is 3.70. The van der Waals surface area contributed by atoms with Crippen molar-refractivity contribution in [1.29, 1.82) is 0 Å². The minimum Gasteiger partial charge on any atom is -0.455 e. The molecule has 132 valence electrons. The van der Waals surface area contributed by atoms with E-state index in [0.717, 1.165) is 5.75 Å². The third-order valence-corrected chi connectivity index (χ3v) is 4.67. The predicted molar refractivity (Wildman–Crippen MR) is 99.9 cm³/mol. The minimum atomic E-state index is 0.0216. The third kappa shape index (κ3) is 5.61. The van der Waals surface area contributed by atoms with Gasteiger partial charge in [-0.3, -0.25) is 4.79 Å². The van der Waals surface area contributed by atoms with Crippen molar-refractivity contribution >= 4 is 11.6 Å². The largest absolute Gasteiger partial charge is 0.455 e. The van der Waals surface area contributed by atoms with Crippen molar-refractivity contribution in [3.63, 3.8) is 0 Å². The Hall–Kier alpha value is -2.33. The number of hydrogen-bond donors (Lipinski definition) is 2. The molecule has 0 spiro atoms. The van der Waals surface area contributed by atoms with Crippen molar-refractivity contribution in [2.75, 3.05) is 11.9 Å². The van der Waals surface area contributed by atoms with Crippen molar-refractivity contribution < 1.29 is 14.8 Å². The Morgan fingerprint density at radius 1 is 0.960 bits per heavy atom. The summed E-state index contributed by atoms with van der Waals surface area (Å²) in [5.41, 5.74) is 0.714. The van der Waals surface area contributed by atoms with Crippen molar-refractivity contribution in [2.24, 2.45) is 0 Å².